The second-order valence-electron chi connectivity index (χ2n) is 5.03. The van der Waals surface area contributed by atoms with Crippen molar-refractivity contribution in [2.75, 3.05) is 0 Å². The van der Waals surface area contributed by atoms with E-state index in [0.29, 0.717) is 0 Å². The molecule has 0 radical (unpaired) electrons. The quantitative estimate of drug-likeness (QED) is 0.653. The van der Waals surface area contributed by atoms with Crippen LogP contribution in [-0.2, 0) is 0 Å². The summed E-state index contributed by atoms with van der Waals surface area (Å²) in [5.74, 6) is 0. The summed E-state index contributed by atoms with van der Waals surface area (Å²) in [7, 11) is 0. The predicted octanol–water partition coefficient (Wildman–Crippen LogP) is -0.398. The number of aliphatic hydroxyl groups is 2. The molecule has 22 heavy (non-hydrogen) atoms. The fourth-order valence-corrected chi connectivity index (χ4v) is 2.84. The standard InChI is InChI=1S/C14H10O8/c1-3(15)5-7-9(13(19)21-11(7)17)6(4(2)16)10-8(5)12(18)22-14(10)20/h3-4,15-16H,1-2H3. The van der Waals surface area contributed by atoms with Crippen molar-refractivity contribution in [2.24, 2.45) is 0 Å². The molecule has 8 nitrogen and oxygen atoms in total. The summed E-state index contributed by atoms with van der Waals surface area (Å²) in [6.45, 7) is 2.54. The Labute approximate surface area is 120 Å². The third kappa shape index (κ3) is 1.65. The molecular weight excluding hydrogens is 296 g/mol. The highest BCUT2D eigenvalue weighted by molar-refractivity contribution is 6.05. The molecule has 2 N–H and O–H groups in total. The summed E-state index contributed by atoms with van der Waals surface area (Å²) in [6.07, 6.45) is -2.66. The zero-order chi connectivity index (χ0) is 16.3. The van der Waals surface area contributed by atoms with Crippen LogP contribution < -0.4 is 22.5 Å². The lowest BCUT2D eigenvalue weighted by Gasteiger charge is -2.11. The molecule has 2 aromatic heterocycles. The van der Waals surface area contributed by atoms with Crippen molar-refractivity contribution in [3.05, 3.63) is 52.8 Å². The molecule has 2 heterocycles. The van der Waals surface area contributed by atoms with Gasteiger partial charge in [-0.3, -0.25) is 0 Å². The van der Waals surface area contributed by atoms with Gasteiger partial charge in [-0.25, -0.2) is 19.2 Å². The van der Waals surface area contributed by atoms with Crippen molar-refractivity contribution in [1.29, 1.82) is 0 Å². The molecule has 0 aliphatic rings. The van der Waals surface area contributed by atoms with Gasteiger partial charge in [0.15, 0.2) is 0 Å². The zero-order valence-electron chi connectivity index (χ0n) is 11.5. The number of aliphatic hydroxyl groups excluding tert-OH is 2. The predicted molar refractivity (Wildman–Crippen MR) is 74.7 cm³/mol. The molecule has 8 heteroatoms. The number of rotatable bonds is 2. The van der Waals surface area contributed by atoms with E-state index in [9.17, 15) is 29.4 Å². The Bertz CT molecular complexity index is 938. The van der Waals surface area contributed by atoms with E-state index in [1.54, 1.807) is 0 Å². The number of furan rings is 2. The number of hydrogen-bond donors (Lipinski definition) is 2. The maximum absolute atomic E-state index is 11.9. The lowest BCUT2D eigenvalue weighted by atomic mass is 9.92. The van der Waals surface area contributed by atoms with Crippen LogP contribution in [0.3, 0.4) is 0 Å². The fourth-order valence-electron chi connectivity index (χ4n) is 2.84. The highest BCUT2D eigenvalue weighted by atomic mass is 16.4. The highest BCUT2D eigenvalue weighted by Crippen LogP contribution is 2.33. The van der Waals surface area contributed by atoms with Crippen molar-refractivity contribution in [3.63, 3.8) is 0 Å². The van der Waals surface area contributed by atoms with Crippen LogP contribution in [0.2, 0.25) is 0 Å². The van der Waals surface area contributed by atoms with Gasteiger partial charge in [0.25, 0.3) is 0 Å². The summed E-state index contributed by atoms with van der Waals surface area (Å²) in [6, 6.07) is 0. The van der Waals surface area contributed by atoms with Gasteiger partial charge in [0, 0.05) is 11.1 Å². The van der Waals surface area contributed by atoms with Crippen LogP contribution in [0, 0.1) is 0 Å². The van der Waals surface area contributed by atoms with Crippen LogP contribution in [0.5, 0.6) is 0 Å². The third-order valence-corrected chi connectivity index (χ3v) is 3.60. The normalized spacial score (nSPS) is 14.7. The monoisotopic (exact) mass is 306 g/mol. The second kappa shape index (κ2) is 4.46. The molecule has 0 bridgehead atoms. The van der Waals surface area contributed by atoms with Gasteiger partial charge in [-0.1, -0.05) is 0 Å². The first-order valence-corrected chi connectivity index (χ1v) is 6.38. The van der Waals surface area contributed by atoms with E-state index in [2.05, 4.69) is 8.83 Å². The Morgan fingerprint density at radius 2 is 0.864 bits per heavy atom. The third-order valence-electron chi connectivity index (χ3n) is 3.60. The molecule has 0 aliphatic heterocycles. The largest absolute Gasteiger partial charge is 0.389 e. The van der Waals surface area contributed by atoms with Crippen LogP contribution in [0.25, 0.3) is 21.5 Å². The van der Waals surface area contributed by atoms with E-state index >= 15 is 0 Å². The van der Waals surface area contributed by atoms with Crippen LogP contribution in [0.15, 0.2) is 28.0 Å². The minimum Gasteiger partial charge on any atom is -0.389 e. The Kier molecular flexibility index (Phi) is 2.91. The van der Waals surface area contributed by atoms with Crippen LogP contribution >= 0.6 is 0 Å². The van der Waals surface area contributed by atoms with Crippen molar-refractivity contribution >= 4 is 21.5 Å². The molecule has 1 aromatic carbocycles. The molecule has 0 spiro atoms. The lowest BCUT2D eigenvalue weighted by Crippen LogP contribution is -2.10. The van der Waals surface area contributed by atoms with Gasteiger partial charge < -0.3 is 19.0 Å². The van der Waals surface area contributed by atoms with E-state index in [-0.39, 0.29) is 32.7 Å². The van der Waals surface area contributed by atoms with Crippen LogP contribution in [0.4, 0.5) is 0 Å². The lowest BCUT2D eigenvalue weighted by molar-refractivity contribution is 0.200. The Morgan fingerprint density at radius 3 is 1.05 bits per heavy atom. The average Bonchev–Trinajstić information content (AvgIpc) is 2.85. The number of fused-ring (bicyclic) bond motifs is 2. The minimum atomic E-state index is -1.33. The molecule has 3 aromatic rings. The minimum absolute atomic E-state index is 0.207. The summed E-state index contributed by atoms with van der Waals surface area (Å²) in [5.41, 5.74) is -4.61. The smallest absolute Gasteiger partial charge is 0.347 e. The van der Waals surface area contributed by atoms with E-state index in [4.69, 9.17) is 0 Å². The maximum Gasteiger partial charge on any atom is 0.347 e. The van der Waals surface area contributed by atoms with Crippen molar-refractivity contribution in [1.82, 2.24) is 0 Å². The zero-order valence-corrected chi connectivity index (χ0v) is 11.5. The molecule has 2 atom stereocenters. The highest BCUT2D eigenvalue weighted by Gasteiger charge is 2.30. The fraction of sp³-hybridized carbons (Fsp3) is 0.286. The summed E-state index contributed by atoms with van der Waals surface area (Å²) < 4.78 is 9.00. The van der Waals surface area contributed by atoms with Crippen molar-refractivity contribution in [3.8, 4) is 0 Å². The second-order valence-corrected chi connectivity index (χ2v) is 5.03. The molecule has 0 amide bonds. The van der Waals surface area contributed by atoms with Gasteiger partial charge in [-0.2, -0.15) is 0 Å². The molecule has 114 valence electrons. The molecular formula is C14H10O8. The average molecular weight is 306 g/mol. The van der Waals surface area contributed by atoms with Gasteiger partial charge in [0.2, 0.25) is 0 Å². The van der Waals surface area contributed by atoms with Crippen LogP contribution in [-0.4, -0.2) is 10.2 Å². The Balaban J connectivity index is 2.89. The topological polar surface area (TPSA) is 135 Å². The Morgan fingerprint density at radius 1 is 0.636 bits per heavy atom. The first-order chi connectivity index (χ1) is 10.3. The van der Waals surface area contributed by atoms with E-state index < -0.39 is 34.7 Å². The molecule has 0 fully saturated rings. The first-order valence-electron chi connectivity index (χ1n) is 6.38. The van der Waals surface area contributed by atoms with Crippen molar-refractivity contribution < 1.29 is 19.0 Å². The molecule has 0 saturated carbocycles. The van der Waals surface area contributed by atoms with Gasteiger partial charge in [-0.15, -0.1) is 0 Å². The summed E-state index contributed by atoms with van der Waals surface area (Å²) in [5, 5.41) is 18.5. The van der Waals surface area contributed by atoms with Gasteiger partial charge in [0.05, 0.1) is 33.8 Å². The van der Waals surface area contributed by atoms with E-state index in [1.807, 2.05) is 0 Å². The van der Waals surface area contributed by atoms with Gasteiger partial charge >= 0.3 is 22.5 Å². The van der Waals surface area contributed by atoms with E-state index in [1.165, 1.54) is 13.8 Å². The molecule has 3 rings (SSSR count). The summed E-state index contributed by atoms with van der Waals surface area (Å²) >= 11 is 0. The van der Waals surface area contributed by atoms with Gasteiger partial charge in [0.1, 0.15) is 0 Å². The first kappa shape index (κ1) is 14.4. The SMILES string of the molecule is CC(O)c1c2c(=O)oc(=O)c2c(C(C)O)c2c(=O)oc(=O)c12. The maximum atomic E-state index is 11.9. The molecule has 0 saturated heterocycles. The van der Waals surface area contributed by atoms with Gasteiger partial charge in [-0.05, 0) is 13.8 Å². The summed E-state index contributed by atoms with van der Waals surface area (Å²) in [4.78, 5) is 47.6. The number of benzene rings is 1. The molecule has 0 aliphatic carbocycles. The van der Waals surface area contributed by atoms with Crippen molar-refractivity contribution in [2.45, 2.75) is 26.1 Å². The van der Waals surface area contributed by atoms with E-state index in [0.717, 1.165) is 0 Å². The van der Waals surface area contributed by atoms with Crippen LogP contribution in [0.1, 0.15) is 37.2 Å². The number of hydrogen-bond acceptors (Lipinski definition) is 8. The molecule has 2 unspecified atom stereocenters. The Hall–Kier alpha value is -2.58.